The second kappa shape index (κ2) is 6.67. The molecular weight excluding hydrogens is 254 g/mol. The molecule has 3 heteroatoms. The fourth-order valence-electron chi connectivity index (χ4n) is 2.78. The van der Waals surface area contributed by atoms with Gasteiger partial charge >= 0.3 is 0 Å². The van der Waals surface area contributed by atoms with Gasteiger partial charge in [-0.3, -0.25) is 0 Å². The number of methoxy groups -OCH3 is 1. The van der Waals surface area contributed by atoms with E-state index >= 15 is 0 Å². The maximum Gasteiger partial charge on any atom is 0.123 e. The Bertz CT molecular complexity index is 419. The van der Waals surface area contributed by atoms with Crippen molar-refractivity contribution in [3.05, 3.63) is 29.3 Å². The summed E-state index contributed by atoms with van der Waals surface area (Å²) in [6.45, 7) is 7.94. The number of hydrogen-bond donors (Lipinski definition) is 1. The predicted molar refractivity (Wildman–Crippen MR) is 83.9 cm³/mol. The molecule has 0 radical (unpaired) electrons. The van der Waals surface area contributed by atoms with Crippen LogP contribution in [0.3, 0.4) is 0 Å². The van der Waals surface area contributed by atoms with Crippen molar-refractivity contribution in [1.29, 1.82) is 0 Å². The van der Waals surface area contributed by atoms with E-state index in [1.54, 1.807) is 7.11 Å². The van der Waals surface area contributed by atoms with Crippen LogP contribution in [0.15, 0.2) is 18.2 Å². The van der Waals surface area contributed by atoms with Crippen LogP contribution >= 0.6 is 11.8 Å². The molecule has 0 amide bonds. The molecular formula is C16H25NOS. The summed E-state index contributed by atoms with van der Waals surface area (Å²) in [6.07, 6.45) is 1.17. The number of rotatable bonds is 5. The molecule has 1 heterocycles. The minimum absolute atomic E-state index is 0.448. The van der Waals surface area contributed by atoms with Gasteiger partial charge in [-0.1, -0.05) is 32.9 Å². The fraction of sp³-hybridized carbons (Fsp3) is 0.625. The maximum absolute atomic E-state index is 5.52. The fourth-order valence-corrected chi connectivity index (χ4v) is 4.26. The van der Waals surface area contributed by atoms with E-state index in [4.69, 9.17) is 4.74 Å². The minimum atomic E-state index is 0.448. The summed E-state index contributed by atoms with van der Waals surface area (Å²) in [5.74, 6) is 2.78. The summed E-state index contributed by atoms with van der Waals surface area (Å²) in [4.78, 5) is 0. The smallest absolute Gasteiger partial charge is 0.123 e. The summed E-state index contributed by atoms with van der Waals surface area (Å²) in [5, 5.41) is 4.38. The first-order valence-corrected chi connectivity index (χ1v) is 8.24. The summed E-state index contributed by atoms with van der Waals surface area (Å²) in [7, 11) is 1.77. The van der Waals surface area contributed by atoms with Crippen LogP contribution in [0.5, 0.6) is 5.75 Å². The van der Waals surface area contributed by atoms with Gasteiger partial charge < -0.3 is 10.1 Å². The average molecular weight is 279 g/mol. The Balaban J connectivity index is 2.34. The number of nitrogens with one attached hydrogen (secondary N) is 1. The van der Waals surface area contributed by atoms with Crippen LogP contribution in [0.1, 0.15) is 44.4 Å². The Morgan fingerprint density at radius 3 is 2.84 bits per heavy atom. The lowest BCUT2D eigenvalue weighted by atomic mass is 9.92. The van der Waals surface area contributed by atoms with Crippen molar-refractivity contribution in [2.75, 3.05) is 13.7 Å². The highest BCUT2D eigenvalue weighted by atomic mass is 32.2. The van der Waals surface area contributed by atoms with Crippen LogP contribution < -0.4 is 10.1 Å². The first kappa shape index (κ1) is 14.7. The van der Waals surface area contributed by atoms with E-state index < -0.39 is 0 Å². The maximum atomic E-state index is 5.52. The van der Waals surface area contributed by atoms with Gasteiger partial charge in [0.25, 0.3) is 0 Å². The first-order valence-electron chi connectivity index (χ1n) is 7.19. The van der Waals surface area contributed by atoms with Gasteiger partial charge in [-0.05, 0) is 30.5 Å². The van der Waals surface area contributed by atoms with Gasteiger partial charge in [-0.2, -0.15) is 11.8 Å². The molecule has 0 saturated heterocycles. The zero-order valence-electron chi connectivity index (χ0n) is 12.4. The topological polar surface area (TPSA) is 21.3 Å². The standard InChI is InChI=1S/C16H25NOS/c1-5-9-17-15-12-7-6-8-14(18-4)13(12)10-19-16(15)11(2)3/h6-8,11,15-17H,5,9-10H2,1-4H3. The second-order valence-corrected chi connectivity index (χ2v) is 6.65. The molecule has 1 aliphatic rings. The minimum Gasteiger partial charge on any atom is -0.496 e. The van der Waals surface area contributed by atoms with Gasteiger partial charge in [-0.25, -0.2) is 0 Å². The molecule has 0 fully saturated rings. The van der Waals surface area contributed by atoms with Gasteiger partial charge in [0, 0.05) is 22.6 Å². The summed E-state index contributed by atoms with van der Waals surface area (Å²) in [5.41, 5.74) is 2.81. The number of benzene rings is 1. The molecule has 2 rings (SSSR count). The lowest BCUT2D eigenvalue weighted by Crippen LogP contribution is -2.36. The molecule has 1 aromatic carbocycles. The van der Waals surface area contributed by atoms with Crippen LogP contribution in [0, 0.1) is 5.92 Å². The molecule has 19 heavy (non-hydrogen) atoms. The highest BCUT2D eigenvalue weighted by Gasteiger charge is 2.32. The lowest BCUT2D eigenvalue weighted by Gasteiger charge is -2.36. The third-order valence-electron chi connectivity index (χ3n) is 3.74. The van der Waals surface area contributed by atoms with E-state index in [0.29, 0.717) is 17.2 Å². The monoisotopic (exact) mass is 279 g/mol. The third-order valence-corrected chi connectivity index (χ3v) is 5.40. The zero-order chi connectivity index (χ0) is 13.8. The Kier molecular flexibility index (Phi) is 5.17. The summed E-state index contributed by atoms with van der Waals surface area (Å²) in [6, 6.07) is 6.90. The van der Waals surface area contributed by atoms with Crippen molar-refractivity contribution >= 4 is 11.8 Å². The molecule has 0 aromatic heterocycles. The van der Waals surface area contributed by atoms with E-state index in [-0.39, 0.29) is 0 Å². The van der Waals surface area contributed by atoms with E-state index in [1.165, 1.54) is 17.5 Å². The molecule has 0 saturated carbocycles. The molecule has 0 bridgehead atoms. The number of thioether (sulfide) groups is 1. The van der Waals surface area contributed by atoms with Crippen LogP contribution in [-0.4, -0.2) is 18.9 Å². The quantitative estimate of drug-likeness (QED) is 0.880. The van der Waals surface area contributed by atoms with Crippen molar-refractivity contribution in [2.45, 2.75) is 44.2 Å². The van der Waals surface area contributed by atoms with Crippen molar-refractivity contribution < 1.29 is 4.74 Å². The van der Waals surface area contributed by atoms with Gasteiger partial charge in [-0.15, -0.1) is 0 Å². The van der Waals surface area contributed by atoms with Crippen molar-refractivity contribution in [3.63, 3.8) is 0 Å². The molecule has 1 aromatic rings. The second-order valence-electron chi connectivity index (χ2n) is 5.48. The van der Waals surface area contributed by atoms with Crippen molar-refractivity contribution in [3.8, 4) is 5.75 Å². The largest absolute Gasteiger partial charge is 0.496 e. The molecule has 1 N–H and O–H groups in total. The SMILES string of the molecule is CCCNC1c2cccc(OC)c2CSC1C(C)C. The molecule has 106 valence electrons. The number of fused-ring (bicyclic) bond motifs is 1. The van der Waals surface area contributed by atoms with Crippen molar-refractivity contribution in [2.24, 2.45) is 5.92 Å². The van der Waals surface area contributed by atoms with Gasteiger partial charge in [0.15, 0.2) is 0 Å². The van der Waals surface area contributed by atoms with Crippen LogP contribution in [0.2, 0.25) is 0 Å². The van der Waals surface area contributed by atoms with Gasteiger partial charge in [0.2, 0.25) is 0 Å². The zero-order valence-corrected chi connectivity index (χ0v) is 13.2. The van der Waals surface area contributed by atoms with E-state index in [9.17, 15) is 0 Å². The average Bonchev–Trinajstić information content (AvgIpc) is 2.43. The third kappa shape index (κ3) is 3.09. The van der Waals surface area contributed by atoms with E-state index in [1.807, 2.05) is 0 Å². The van der Waals surface area contributed by atoms with Crippen LogP contribution in [0.4, 0.5) is 0 Å². The van der Waals surface area contributed by atoms with E-state index in [2.05, 4.69) is 56.0 Å². The van der Waals surface area contributed by atoms with Gasteiger partial charge in [0.05, 0.1) is 7.11 Å². The first-order chi connectivity index (χ1) is 9.19. The molecule has 2 atom stereocenters. The number of hydrogen-bond acceptors (Lipinski definition) is 3. The molecule has 2 unspecified atom stereocenters. The van der Waals surface area contributed by atoms with Crippen molar-refractivity contribution in [1.82, 2.24) is 5.32 Å². The Labute approximate surface area is 121 Å². The molecule has 0 spiro atoms. The van der Waals surface area contributed by atoms with Gasteiger partial charge in [0.1, 0.15) is 5.75 Å². The van der Waals surface area contributed by atoms with Crippen LogP contribution in [0.25, 0.3) is 0 Å². The molecule has 2 nitrogen and oxygen atoms in total. The van der Waals surface area contributed by atoms with E-state index in [0.717, 1.165) is 18.0 Å². The normalized spacial score (nSPS) is 22.4. The highest BCUT2D eigenvalue weighted by Crippen LogP contribution is 2.44. The lowest BCUT2D eigenvalue weighted by molar-refractivity contribution is 0.402. The summed E-state index contributed by atoms with van der Waals surface area (Å²) >= 11 is 2.06. The predicted octanol–water partition coefficient (Wildman–Crippen LogP) is 4.01. The Hall–Kier alpha value is -0.670. The molecule has 1 aliphatic heterocycles. The molecule has 0 aliphatic carbocycles. The summed E-state index contributed by atoms with van der Waals surface area (Å²) < 4.78 is 5.52. The Morgan fingerprint density at radius 1 is 1.42 bits per heavy atom. The number of ether oxygens (including phenoxy) is 1. The van der Waals surface area contributed by atoms with Crippen LogP contribution in [-0.2, 0) is 5.75 Å². The Morgan fingerprint density at radius 2 is 2.21 bits per heavy atom. The highest BCUT2D eigenvalue weighted by molar-refractivity contribution is 7.99.